The van der Waals surface area contributed by atoms with E-state index in [1.54, 1.807) is 17.0 Å². The Labute approximate surface area is 145 Å². The highest BCUT2D eigenvalue weighted by Gasteiger charge is 2.22. The molecule has 122 valence electrons. The molecule has 0 saturated carbocycles. The fourth-order valence-corrected chi connectivity index (χ4v) is 2.72. The molecular formula is C19H17ClN2O2. The summed E-state index contributed by atoms with van der Waals surface area (Å²) in [6.07, 6.45) is 1.46. The lowest BCUT2D eigenvalue weighted by Crippen LogP contribution is -2.30. The first-order valence-corrected chi connectivity index (χ1v) is 8.10. The number of halogens is 1. The van der Waals surface area contributed by atoms with Gasteiger partial charge in [0.1, 0.15) is 5.56 Å². The minimum absolute atomic E-state index is 0.113. The van der Waals surface area contributed by atoms with Gasteiger partial charge in [0, 0.05) is 23.7 Å². The second kappa shape index (κ2) is 7.32. The summed E-state index contributed by atoms with van der Waals surface area (Å²) in [5, 5.41) is 4.39. The standard InChI is InChI=1S/C19H17ClN2O2/c1-2-22(13-14-7-4-3-5-8-14)19(23)17-12-21-24-18(17)15-9-6-10-16(20)11-15/h3-12H,2,13H2,1H3. The Morgan fingerprint density at radius 1 is 1.17 bits per heavy atom. The van der Waals surface area contributed by atoms with Gasteiger partial charge in [0.15, 0.2) is 5.76 Å². The second-order valence-corrected chi connectivity index (χ2v) is 5.82. The number of rotatable bonds is 5. The van der Waals surface area contributed by atoms with Gasteiger partial charge in [-0.2, -0.15) is 0 Å². The molecule has 3 rings (SSSR count). The lowest BCUT2D eigenvalue weighted by molar-refractivity contribution is 0.0753. The molecule has 2 aromatic carbocycles. The smallest absolute Gasteiger partial charge is 0.259 e. The molecule has 0 spiro atoms. The van der Waals surface area contributed by atoms with Crippen LogP contribution in [0, 0.1) is 0 Å². The first kappa shape index (κ1) is 16.3. The maximum absolute atomic E-state index is 12.9. The largest absolute Gasteiger partial charge is 0.355 e. The molecule has 0 aliphatic carbocycles. The minimum atomic E-state index is -0.113. The van der Waals surface area contributed by atoms with Gasteiger partial charge in [-0.15, -0.1) is 0 Å². The third kappa shape index (κ3) is 3.49. The van der Waals surface area contributed by atoms with Crippen molar-refractivity contribution in [3.63, 3.8) is 0 Å². The Kier molecular flexibility index (Phi) is 4.96. The van der Waals surface area contributed by atoms with Crippen LogP contribution in [0.5, 0.6) is 0 Å². The van der Waals surface area contributed by atoms with Crippen molar-refractivity contribution >= 4 is 17.5 Å². The van der Waals surface area contributed by atoms with Crippen molar-refractivity contribution in [2.45, 2.75) is 13.5 Å². The highest BCUT2D eigenvalue weighted by molar-refractivity contribution is 6.30. The molecule has 0 fully saturated rings. The van der Waals surface area contributed by atoms with Crippen LogP contribution in [0.4, 0.5) is 0 Å². The molecule has 0 aliphatic heterocycles. The molecule has 5 heteroatoms. The minimum Gasteiger partial charge on any atom is -0.355 e. The molecule has 1 aromatic heterocycles. The predicted octanol–water partition coefficient (Wildman–Crippen LogP) is 4.66. The summed E-state index contributed by atoms with van der Waals surface area (Å²) in [7, 11) is 0. The van der Waals surface area contributed by atoms with E-state index < -0.39 is 0 Å². The van der Waals surface area contributed by atoms with Crippen LogP contribution in [0.15, 0.2) is 65.3 Å². The first-order chi connectivity index (χ1) is 11.7. The zero-order valence-corrected chi connectivity index (χ0v) is 14.0. The Balaban J connectivity index is 1.88. The Morgan fingerprint density at radius 2 is 1.96 bits per heavy atom. The molecule has 4 nitrogen and oxygen atoms in total. The maximum atomic E-state index is 12.9. The molecule has 0 bridgehead atoms. The van der Waals surface area contributed by atoms with Gasteiger partial charge < -0.3 is 9.42 Å². The number of benzene rings is 2. The Morgan fingerprint density at radius 3 is 2.67 bits per heavy atom. The predicted molar refractivity (Wildman–Crippen MR) is 93.8 cm³/mol. The van der Waals surface area contributed by atoms with Gasteiger partial charge >= 0.3 is 0 Å². The van der Waals surface area contributed by atoms with Crippen LogP contribution in [0.2, 0.25) is 5.02 Å². The van der Waals surface area contributed by atoms with Crippen molar-refractivity contribution in [2.24, 2.45) is 0 Å². The van der Waals surface area contributed by atoms with E-state index in [-0.39, 0.29) is 5.91 Å². The van der Waals surface area contributed by atoms with Gasteiger partial charge in [0.25, 0.3) is 5.91 Å². The van der Waals surface area contributed by atoms with Crippen molar-refractivity contribution < 1.29 is 9.32 Å². The van der Waals surface area contributed by atoms with E-state index in [2.05, 4.69) is 5.16 Å². The van der Waals surface area contributed by atoms with Crippen LogP contribution in [0.3, 0.4) is 0 Å². The third-order valence-corrected chi connectivity index (χ3v) is 4.01. The Hall–Kier alpha value is -2.59. The van der Waals surface area contributed by atoms with Crippen LogP contribution >= 0.6 is 11.6 Å². The molecule has 1 heterocycles. The summed E-state index contributed by atoms with van der Waals surface area (Å²) in [6.45, 7) is 3.08. The molecule has 24 heavy (non-hydrogen) atoms. The van der Waals surface area contributed by atoms with Crippen LogP contribution < -0.4 is 0 Å². The topological polar surface area (TPSA) is 46.3 Å². The van der Waals surface area contributed by atoms with E-state index in [4.69, 9.17) is 16.1 Å². The van der Waals surface area contributed by atoms with Crippen LogP contribution in [0.25, 0.3) is 11.3 Å². The van der Waals surface area contributed by atoms with Crippen molar-refractivity contribution in [3.8, 4) is 11.3 Å². The molecule has 0 unspecified atom stereocenters. The first-order valence-electron chi connectivity index (χ1n) is 7.73. The fourth-order valence-electron chi connectivity index (χ4n) is 2.53. The number of hydrogen-bond acceptors (Lipinski definition) is 3. The van der Waals surface area contributed by atoms with Crippen LogP contribution in [0.1, 0.15) is 22.8 Å². The number of carbonyl (C=O) groups is 1. The number of aromatic nitrogens is 1. The average molecular weight is 341 g/mol. The number of hydrogen-bond donors (Lipinski definition) is 0. The quantitative estimate of drug-likeness (QED) is 0.678. The van der Waals surface area contributed by atoms with E-state index in [1.165, 1.54) is 6.20 Å². The van der Waals surface area contributed by atoms with E-state index in [0.717, 1.165) is 11.1 Å². The van der Waals surface area contributed by atoms with E-state index in [0.29, 0.717) is 29.4 Å². The lowest BCUT2D eigenvalue weighted by atomic mass is 10.1. The normalized spacial score (nSPS) is 10.6. The highest BCUT2D eigenvalue weighted by Crippen LogP contribution is 2.27. The molecule has 0 saturated heterocycles. The van der Waals surface area contributed by atoms with Crippen molar-refractivity contribution in [2.75, 3.05) is 6.54 Å². The summed E-state index contributed by atoms with van der Waals surface area (Å²) >= 11 is 6.03. The number of carbonyl (C=O) groups excluding carboxylic acids is 1. The third-order valence-electron chi connectivity index (χ3n) is 3.77. The maximum Gasteiger partial charge on any atom is 0.259 e. The fraction of sp³-hybridized carbons (Fsp3) is 0.158. The van der Waals surface area contributed by atoms with Gasteiger partial charge in [-0.25, -0.2) is 0 Å². The van der Waals surface area contributed by atoms with Crippen molar-refractivity contribution in [3.05, 3.63) is 76.9 Å². The van der Waals surface area contributed by atoms with Crippen molar-refractivity contribution in [1.82, 2.24) is 10.1 Å². The average Bonchev–Trinajstić information content (AvgIpc) is 3.10. The van der Waals surface area contributed by atoms with Gasteiger partial charge in [-0.3, -0.25) is 4.79 Å². The zero-order chi connectivity index (χ0) is 16.9. The Bertz CT molecular complexity index is 830. The molecule has 0 atom stereocenters. The number of nitrogens with zero attached hydrogens (tertiary/aromatic N) is 2. The molecule has 0 radical (unpaired) electrons. The molecule has 3 aromatic rings. The van der Waals surface area contributed by atoms with E-state index in [1.807, 2.05) is 49.4 Å². The lowest BCUT2D eigenvalue weighted by Gasteiger charge is -2.20. The zero-order valence-electron chi connectivity index (χ0n) is 13.3. The summed E-state index contributed by atoms with van der Waals surface area (Å²) in [6, 6.07) is 17.1. The van der Waals surface area contributed by atoms with Crippen LogP contribution in [-0.2, 0) is 6.54 Å². The summed E-state index contributed by atoms with van der Waals surface area (Å²) in [4.78, 5) is 14.7. The molecular weight excluding hydrogens is 324 g/mol. The summed E-state index contributed by atoms with van der Waals surface area (Å²) in [5.41, 5.74) is 2.25. The van der Waals surface area contributed by atoms with Gasteiger partial charge in [0.2, 0.25) is 0 Å². The molecule has 0 aliphatic rings. The number of amides is 1. The summed E-state index contributed by atoms with van der Waals surface area (Å²) < 4.78 is 5.32. The molecule has 1 amide bonds. The monoisotopic (exact) mass is 340 g/mol. The van der Waals surface area contributed by atoms with Crippen LogP contribution in [-0.4, -0.2) is 22.5 Å². The highest BCUT2D eigenvalue weighted by atomic mass is 35.5. The van der Waals surface area contributed by atoms with Gasteiger partial charge in [-0.05, 0) is 24.6 Å². The molecule has 0 N–H and O–H groups in total. The second-order valence-electron chi connectivity index (χ2n) is 5.38. The van der Waals surface area contributed by atoms with Gasteiger partial charge in [-0.1, -0.05) is 59.2 Å². The summed E-state index contributed by atoms with van der Waals surface area (Å²) in [5.74, 6) is 0.326. The van der Waals surface area contributed by atoms with Gasteiger partial charge in [0.05, 0.1) is 6.20 Å². The van der Waals surface area contributed by atoms with Crippen molar-refractivity contribution in [1.29, 1.82) is 0 Å². The SMILES string of the molecule is CCN(Cc1ccccc1)C(=O)c1cnoc1-c1cccc(Cl)c1. The van der Waals surface area contributed by atoms with E-state index in [9.17, 15) is 4.79 Å². The van der Waals surface area contributed by atoms with E-state index >= 15 is 0 Å².